The van der Waals surface area contributed by atoms with Gasteiger partial charge in [0, 0.05) is 29.8 Å². The Bertz CT molecular complexity index is 574. The van der Waals surface area contributed by atoms with Gasteiger partial charge in [0.05, 0.1) is 0 Å². The summed E-state index contributed by atoms with van der Waals surface area (Å²) in [7, 11) is 0. The van der Waals surface area contributed by atoms with E-state index in [4.69, 9.17) is 4.74 Å². The second-order valence-corrected chi connectivity index (χ2v) is 5.93. The molecule has 0 aliphatic carbocycles. The second-order valence-electron chi connectivity index (χ2n) is 5.01. The normalized spacial score (nSPS) is 16.8. The molecule has 0 spiro atoms. The topological polar surface area (TPSA) is 34.2 Å². The smallest absolute Gasteiger partial charge is 0.123 e. The van der Waals surface area contributed by atoms with E-state index in [9.17, 15) is 0 Å². The van der Waals surface area contributed by atoms with Gasteiger partial charge in [-0.1, -0.05) is 22.0 Å². The fraction of sp³-hybridized carbons (Fsp3) is 0.312. The van der Waals surface area contributed by atoms with E-state index in [0.717, 1.165) is 36.2 Å². The molecule has 0 fully saturated rings. The lowest BCUT2D eigenvalue weighted by molar-refractivity contribution is 0.228. The highest BCUT2D eigenvalue weighted by atomic mass is 79.9. The minimum atomic E-state index is 0.244. The molecule has 1 aliphatic heterocycles. The quantitative estimate of drug-likeness (QED) is 0.855. The van der Waals surface area contributed by atoms with Gasteiger partial charge in [0.2, 0.25) is 0 Å². The van der Waals surface area contributed by atoms with Crippen LogP contribution in [-0.2, 0) is 12.8 Å². The zero-order valence-corrected chi connectivity index (χ0v) is 12.8. The Labute approximate surface area is 127 Å². The van der Waals surface area contributed by atoms with E-state index >= 15 is 0 Å². The van der Waals surface area contributed by atoms with E-state index in [1.165, 1.54) is 11.1 Å². The third kappa shape index (κ3) is 3.38. The van der Waals surface area contributed by atoms with E-state index in [1.54, 1.807) is 6.20 Å². The Balaban J connectivity index is 1.43. The van der Waals surface area contributed by atoms with Crippen molar-refractivity contribution in [2.45, 2.75) is 18.9 Å². The summed E-state index contributed by atoms with van der Waals surface area (Å²) in [6.45, 7) is 1.83. The molecule has 1 unspecified atom stereocenters. The van der Waals surface area contributed by atoms with Crippen LogP contribution in [0.2, 0.25) is 0 Å². The van der Waals surface area contributed by atoms with Crippen LogP contribution in [0.25, 0.3) is 0 Å². The number of aromatic nitrogens is 1. The molecule has 2 heterocycles. The van der Waals surface area contributed by atoms with Gasteiger partial charge in [-0.05, 0) is 48.4 Å². The van der Waals surface area contributed by atoms with E-state index in [2.05, 4.69) is 38.4 Å². The second kappa shape index (κ2) is 6.37. The molecule has 0 saturated carbocycles. The van der Waals surface area contributed by atoms with Crippen molar-refractivity contribution in [1.29, 1.82) is 0 Å². The maximum atomic E-state index is 5.92. The first-order chi connectivity index (χ1) is 9.81. The zero-order chi connectivity index (χ0) is 13.8. The number of ether oxygens (including phenoxy) is 1. The molecule has 1 aromatic carbocycles. The lowest BCUT2D eigenvalue weighted by Crippen LogP contribution is -2.31. The van der Waals surface area contributed by atoms with Crippen LogP contribution < -0.4 is 10.1 Å². The van der Waals surface area contributed by atoms with Gasteiger partial charge in [0.15, 0.2) is 0 Å². The Kier molecular flexibility index (Phi) is 4.33. The van der Waals surface area contributed by atoms with Gasteiger partial charge in [0.25, 0.3) is 0 Å². The van der Waals surface area contributed by atoms with Gasteiger partial charge in [-0.15, -0.1) is 0 Å². The first-order valence-electron chi connectivity index (χ1n) is 6.86. The molecule has 1 atom stereocenters. The number of halogens is 1. The molecular formula is C16H17BrN2O. The first kappa shape index (κ1) is 13.6. The predicted molar refractivity (Wildman–Crippen MR) is 83.1 cm³/mol. The van der Waals surface area contributed by atoms with Crippen LogP contribution in [0.4, 0.5) is 0 Å². The van der Waals surface area contributed by atoms with Crippen molar-refractivity contribution in [3.05, 3.63) is 58.3 Å². The summed E-state index contributed by atoms with van der Waals surface area (Å²) < 4.78 is 7.03. The first-order valence-corrected chi connectivity index (χ1v) is 7.65. The number of rotatable bonds is 5. The number of hydrogen-bond donors (Lipinski definition) is 1. The molecule has 3 nitrogen and oxygen atoms in total. The summed E-state index contributed by atoms with van der Waals surface area (Å²) in [6, 6.07) is 10.3. The summed E-state index contributed by atoms with van der Waals surface area (Å²) in [6.07, 6.45) is 5.95. The van der Waals surface area contributed by atoms with Crippen molar-refractivity contribution in [1.82, 2.24) is 10.3 Å². The standard InChI is InChI=1S/C16H17BrN2O/c17-14-3-4-16-13(8-14)9-15(20-16)11-19-7-5-12-2-1-6-18-10-12/h1-4,6,8,10,15,19H,5,7,9,11H2. The molecule has 0 bridgehead atoms. The van der Waals surface area contributed by atoms with E-state index < -0.39 is 0 Å². The molecule has 1 N–H and O–H groups in total. The number of pyridine rings is 1. The highest BCUT2D eigenvalue weighted by Gasteiger charge is 2.22. The summed E-state index contributed by atoms with van der Waals surface area (Å²) in [5.74, 6) is 1.02. The molecule has 0 amide bonds. The fourth-order valence-electron chi connectivity index (χ4n) is 2.44. The highest BCUT2D eigenvalue weighted by molar-refractivity contribution is 9.10. The Morgan fingerprint density at radius 2 is 2.30 bits per heavy atom. The van der Waals surface area contributed by atoms with Gasteiger partial charge in [-0.25, -0.2) is 0 Å². The Hall–Kier alpha value is -1.39. The van der Waals surface area contributed by atoms with Crippen molar-refractivity contribution in [3.8, 4) is 5.75 Å². The summed E-state index contributed by atoms with van der Waals surface area (Å²) in [5, 5.41) is 3.46. The Morgan fingerprint density at radius 3 is 3.15 bits per heavy atom. The average Bonchev–Trinajstić information content (AvgIpc) is 2.86. The average molecular weight is 333 g/mol. The van der Waals surface area contributed by atoms with Gasteiger partial charge >= 0.3 is 0 Å². The van der Waals surface area contributed by atoms with E-state index in [-0.39, 0.29) is 6.10 Å². The summed E-state index contributed by atoms with van der Waals surface area (Å²) >= 11 is 3.50. The molecule has 0 radical (unpaired) electrons. The molecule has 1 aliphatic rings. The fourth-order valence-corrected chi connectivity index (χ4v) is 2.85. The predicted octanol–water partition coefficient (Wildman–Crippen LogP) is 2.98. The number of fused-ring (bicyclic) bond motifs is 1. The molecule has 20 heavy (non-hydrogen) atoms. The zero-order valence-electron chi connectivity index (χ0n) is 11.2. The molecular weight excluding hydrogens is 316 g/mol. The minimum Gasteiger partial charge on any atom is -0.488 e. The van der Waals surface area contributed by atoms with Crippen molar-refractivity contribution < 1.29 is 4.74 Å². The molecule has 0 saturated heterocycles. The van der Waals surface area contributed by atoms with Gasteiger partial charge in [-0.2, -0.15) is 0 Å². The van der Waals surface area contributed by atoms with Crippen molar-refractivity contribution in [3.63, 3.8) is 0 Å². The number of nitrogens with zero attached hydrogens (tertiary/aromatic N) is 1. The maximum absolute atomic E-state index is 5.92. The van der Waals surface area contributed by atoms with E-state index in [0.29, 0.717) is 0 Å². The van der Waals surface area contributed by atoms with Gasteiger partial charge in [0.1, 0.15) is 11.9 Å². The van der Waals surface area contributed by atoms with Crippen LogP contribution in [0.3, 0.4) is 0 Å². The highest BCUT2D eigenvalue weighted by Crippen LogP contribution is 2.30. The van der Waals surface area contributed by atoms with Crippen LogP contribution in [0, 0.1) is 0 Å². The molecule has 4 heteroatoms. The van der Waals surface area contributed by atoms with E-state index in [1.807, 2.05) is 24.4 Å². The van der Waals surface area contributed by atoms with Crippen molar-refractivity contribution in [2.75, 3.05) is 13.1 Å². The molecule has 3 rings (SSSR count). The minimum absolute atomic E-state index is 0.244. The van der Waals surface area contributed by atoms with Crippen LogP contribution in [0.5, 0.6) is 5.75 Å². The third-order valence-corrected chi connectivity index (χ3v) is 3.94. The van der Waals surface area contributed by atoms with Crippen LogP contribution in [-0.4, -0.2) is 24.2 Å². The van der Waals surface area contributed by atoms with Gasteiger partial charge in [-0.3, -0.25) is 4.98 Å². The maximum Gasteiger partial charge on any atom is 0.123 e. The van der Waals surface area contributed by atoms with Crippen LogP contribution in [0.1, 0.15) is 11.1 Å². The lowest BCUT2D eigenvalue weighted by atomic mass is 10.1. The molecule has 1 aromatic heterocycles. The number of hydrogen-bond acceptors (Lipinski definition) is 3. The lowest BCUT2D eigenvalue weighted by Gasteiger charge is -2.11. The van der Waals surface area contributed by atoms with Crippen molar-refractivity contribution >= 4 is 15.9 Å². The number of benzene rings is 1. The monoisotopic (exact) mass is 332 g/mol. The van der Waals surface area contributed by atoms with Gasteiger partial charge < -0.3 is 10.1 Å². The molecule has 104 valence electrons. The largest absolute Gasteiger partial charge is 0.488 e. The summed E-state index contributed by atoms with van der Waals surface area (Å²) in [5.41, 5.74) is 2.55. The third-order valence-electron chi connectivity index (χ3n) is 3.45. The number of nitrogens with one attached hydrogen (secondary N) is 1. The van der Waals surface area contributed by atoms with Crippen LogP contribution >= 0.6 is 15.9 Å². The SMILES string of the molecule is Brc1ccc2c(c1)CC(CNCCc1cccnc1)O2. The Morgan fingerprint density at radius 1 is 1.35 bits per heavy atom. The van der Waals surface area contributed by atoms with Crippen molar-refractivity contribution in [2.24, 2.45) is 0 Å². The molecule has 2 aromatic rings. The van der Waals surface area contributed by atoms with Crippen LogP contribution in [0.15, 0.2) is 47.2 Å². The summed E-state index contributed by atoms with van der Waals surface area (Å²) in [4.78, 5) is 4.12.